The minimum Gasteiger partial charge on any atom is -0.481 e. The Labute approximate surface area is 103 Å². The average molecular weight is 366 g/mol. The van der Waals surface area contributed by atoms with Gasteiger partial charge in [0.1, 0.15) is 0 Å². The Bertz CT molecular complexity index is 426. The highest BCUT2D eigenvalue weighted by Crippen LogP contribution is 2.25. The van der Waals surface area contributed by atoms with Crippen molar-refractivity contribution in [3.63, 3.8) is 0 Å². The van der Waals surface area contributed by atoms with Crippen LogP contribution in [0, 0.1) is 14.9 Å². The number of carboxylic acid groups (broad SMARTS) is 1. The van der Waals surface area contributed by atoms with E-state index in [1.165, 1.54) is 0 Å². The molecule has 0 unspecified atom stereocenters. The second-order valence-corrected chi connectivity index (χ2v) is 4.57. The topological polar surface area (TPSA) is 61.1 Å². The number of halogens is 2. The summed E-state index contributed by atoms with van der Waals surface area (Å²) in [4.78, 5) is 10.5. The van der Waals surface area contributed by atoms with Gasteiger partial charge in [-0.05, 0) is 56.2 Å². The highest BCUT2D eigenvalue weighted by Gasteiger charge is 2.09. The summed E-state index contributed by atoms with van der Waals surface area (Å²) in [7, 11) is 0. The third kappa shape index (κ3) is 2.69. The van der Waals surface area contributed by atoms with E-state index in [1.807, 2.05) is 6.07 Å². The minimum absolute atomic E-state index is 0.0773. The minimum atomic E-state index is -0.906. The molecule has 14 heavy (non-hydrogen) atoms. The van der Waals surface area contributed by atoms with Gasteiger partial charge in [0.15, 0.2) is 0 Å². The molecule has 0 radical (unpaired) electrons. The Morgan fingerprint density at radius 3 is 2.79 bits per heavy atom. The summed E-state index contributed by atoms with van der Waals surface area (Å²) in [5.41, 5.74) is 1.11. The summed E-state index contributed by atoms with van der Waals surface area (Å²) in [5.74, 6) is -0.906. The molecular weight excluding hydrogens is 361 g/mol. The number of carboxylic acids is 1. The van der Waals surface area contributed by atoms with Crippen molar-refractivity contribution in [1.82, 2.24) is 0 Å². The smallest absolute Gasteiger partial charge is 0.307 e. The molecule has 0 spiro atoms. The third-order valence-electron chi connectivity index (χ3n) is 1.57. The van der Waals surface area contributed by atoms with E-state index in [9.17, 15) is 4.79 Å². The molecule has 0 saturated carbocycles. The Hall–Kier alpha value is -0.610. The molecule has 5 heteroatoms. The first-order chi connectivity index (χ1) is 6.54. The van der Waals surface area contributed by atoms with Crippen LogP contribution in [0.3, 0.4) is 0 Å². The lowest BCUT2D eigenvalue weighted by atomic mass is 10.1. The van der Waals surface area contributed by atoms with E-state index in [0.29, 0.717) is 11.1 Å². The zero-order valence-corrected chi connectivity index (χ0v) is 10.7. The van der Waals surface area contributed by atoms with E-state index in [-0.39, 0.29) is 6.42 Å². The molecule has 0 fully saturated rings. The van der Waals surface area contributed by atoms with Gasteiger partial charge in [0.2, 0.25) is 0 Å². The molecule has 1 rings (SSSR count). The number of hydrogen-bond donors (Lipinski definition) is 1. The summed E-state index contributed by atoms with van der Waals surface area (Å²) in [6.45, 7) is 0. The lowest BCUT2D eigenvalue weighted by Crippen LogP contribution is -2.02. The van der Waals surface area contributed by atoms with Gasteiger partial charge in [-0.2, -0.15) is 5.26 Å². The van der Waals surface area contributed by atoms with Crippen LogP contribution >= 0.6 is 38.5 Å². The predicted octanol–water partition coefficient (Wildman–Crippen LogP) is 2.55. The molecule has 1 aromatic carbocycles. The van der Waals surface area contributed by atoms with Crippen LogP contribution < -0.4 is 0 Å². The lowest BCUT2D eigenvalue weighted by molar-refractivity contribution is -0.136. The first-order valence-corrected chi connectivity index (χ1v) is 5.51. The van der Waals surface area contributed by atoms with Crippen molar-refractivity contribution < 1.29 is 9.90 Å². The molecular formula is C9H5BrINO2. The van der Waals surface area contributed by atoms with Crippen LogP contribution in [0.15, 0.2) is 16.6 Å². The van der Waals surface area contributed by atoms with Gasteiger partial charge in [-0.25, -0.2) is 0 Å². The standard InChI is InChI=1S/C9H5BrINO2/c10-9-6(3-8(13)14)1-5(4-12)2-7(9)11/h1-2H,3H2,(H,13,14). The fraction of sp³-hybridized carbons (Fsp3) is 0.111. The molecule has 1 N–H and O–H groups in total. The molecule has 3 nitrogen and oxygen atoms in total. The maximum atomic E-state index is 10.5. The Balaban J connectivity index is 3.21. The zero-order valence-electron chi connectivity index (χ0n) is 6.92. The predicted molar refractivity (Wildman–Crippen MR) is 62.9 cm³/mol. The summed E-state index contributed by atoms with van der Waals surface area (Å²) in [5, 5.41) is 17.3. The lowest BCUT2D eigenvalue weighted by Gasteiger charge is -2.04. The summed E-state index contributed by atoms with van der Waals surface area (Å²) < 4.78 is 1.59. The number of rotatable bonds is 2. The fourth-order valence-electron chi connectivity index (χ4n) is 1.00. The second-order valence-electron chi connectivity index (χ2n) is 2.61. The van der Waals surface area contributed by atoms with Crippen molar-refractivity contribution >= 4 is 44.5 Å². The molecule has 0 aromatic heterocycles. The van der Waals surface area contributed by atoms with Gasteiger partial charge in [0, 0.05) is 8.04 Å². The second kappa shape index (κ2) is 4.75. The van der Waals surface area contributed by atoms with Crippen molar-refractivity contribution in [1.29, 1.82) is 5.26 Å². The fourth-order valence-corrected chi connectivity index (χ4v) is 2.05. The molecule has 1 aromatic rings. The van der Waals surface area contributed by atoms with E-state index in [0.717, 1.165) is 8.04 Å². The van der Waals surface area contributed by atoms with E-state index in [2.05, 4.69) is 38.5 Å². The molecule has 0 atom stereocenters. The van der Waals surface area contributed by atoms with Crippen LogP contribution in [-0.2, 0) is 11.2 Å². The van der Waals surface area contributed by atoms with Crippen LogP contribution in [0.25, 0.3) is 0 Å². The summed E-state index contributed by atoms with van der Waals surface area (Å²) >= 11 is 5.35. The average Bonchev–Trinajstić information content (AvgIpc) is 2.11. The molecule has 0 aliphatic heterocycles. The maximum Gasteiger partial charge on any atom is 0.307 e. The quantitative estimate of drug-likeness (QED) is 0.819. The van der Waals surface area contributed by atoms with Gasteiger partial charge in [-0.15, -0.1) is 0 Å². The van der Waals surface area contributed by atoms with Gasteiger partial charge in [-0.3, -0.25) is 4.79 Å². The maximum absolute atomic E-state index is 10.5. The molecule has 0 aliphatic carbocycles. The first kappa shape index (κ1) is 11.5. The van der Waals surface area contributed by atoms with E-state index < -0.39 is 5.97 Å². The first-order valence-electron chi connectivity index (χ1n) is 3.64. The SMILES string of the molecule is N#Cc1cc(I)c(Br)c(CC(=O)O)c1. The highest BCUT2D eigenvalue weighted by molar-refractivity contribution is 14.1. The number of carbonyl (C=O) groups is 1. The van der Waals surface area contributed by atoms with Gasteiger partial charge in [0.05, 0.1) is 18.1 Å². The number of nitrogens with zero attached hydrogens (tertiary/aromatic N) is 1. The summed E-state index contributed by atoms with van der Waals surface area (Å²) in [6.07, 6.45) is -0.0773. The van der Waals surface area contributed by atoms with Crippen LogP contribution in [0.2, 0.25) is 0 Å². The van der Waals surface area contributed by atoms with Crippen molar-refractivity contribution in [2.45, 2.75) is 6.42 Å². The van der Waals surface area contributed by atoms with Gasteiger partial charge in [-0.1, -0.05) is 0 Å². The van der Waals surface area contributed by atoms with Crippen LogP contribution in [0.4, 0.5) is 0 Å². The number of aliphatic carboxylic acids is 1. The molecule has 0 amide bonds. The normalized spacial score (nSPS) is 9.50. The molecule has 0 saturated heterocycles. The Morgan fingerprint density at radius 2 is 2.29 bits per heavy atom. The van der Waals surface area contributed by atoms with Crippen LogP contribution in [0.5, 0.6) is 0 Å². The van der Waals surface area contributed by atoms with Gasteiger partial charge in [0.25, 0.3) is 0 Å². The van der Waals surface area contributed by atoms with E-state index in [4.69, 9.17) is 10.4 Å². The zero-order chi connectivity index (χ0) is 10.7. The number of nitriles is 1. The van der Waals surface area contributed by atoms with Crippen LogP contribution in [0.1, 0.15) is 11.1 Å². The molecule has 72 valence electrons. The highest BCUT2D eigenvalue weighted by atomic mass is 127. The number of hydrogen-bond acceptors (Lipinski definition) is 2. The van der Waals surface area contributed by atoms with Crippen molar-refractivity contribution in [3.05, 3.63) is 31.3 Å². The van der Waals surface area contributed by atoms with Crippen molar-refractivity contribution in [2.75, 3.05) is 0 Å². The van der Waals surface area contributed by atoms with E-state index in [1.54, 1.807) is 12.1 Å². The number of benzene rings is 1. The Kier molecular flexibility index (Phi) is 3.89. The van der Waals surface area contributed by atoms with Crippen molar-refractivity contribution in [3.8, 4) is 6.07 Å². The largest absolute Gasteiger partial charge is 0.481 e. The molecule has 0 bridgehead atoms. The Morgan fingerprint density at radius 1 is 1.64 bits per heavy atom. The van der Waals surface area contributed by atoms with Crippen LogP contribution in [-0.4, -0.2) is 11.1 Å². The van der Waals surface area contributed by atoms with Gasteiger partial charge >= 0.3 is 5.97 Å². The van der Waals surface area contributed by atoms with Gasteiger partial charge < -0.3 is 5.11 Å². The molecule has 0 heterocycles. The van der Waals surface area contributed by atoms with E-state index >= 15 is 0 Å². The van der Waals surface area contributed by atoms with Crippen molar-refractivity contribution in [2.24, 2.45) is 0 Å². The third-order valence-corrected chi connectivity index (χ3v) is 4.10. The monoisotopic (exact) mass is 365 g/mol. The summed E-state index contributed by atoms with van der Waals surface area (Å²) in [6, 6.07) is 5.28. The molecule has 0 aliphatic rings.